The Kier molecular flexibility index (Phi) is 40.4. The van der Waals surface area contributed by atoms with Gasteiger partial charge in [-0.05, 0) is 12.8 Å². The molecule has 0 saturated carbocycles. The number of unbranched alkanes of at least 4 members (excludes halogenated alkanes) is 31. The zero-order chi connectivity index (χ0) is 40.5. The number of phosphoric ester groups is 1. The van der Waals surface area contributed by atoms with Crippen LogP contribution in [0.5, 0.6) is 0 Å². The van der Waals surface area contributed by atoms with Gasteiger partial charge in [0.25, 0.3) is 0 Å². The number of hydrogen-bond donors (Lipinski definition) is 3. The third-order valence-electron chi connectivity index (χ3n) is 10.4. The van der Waals surface area contributed by atoms with E-state index in [9.17, 15) is 19.0 Å². The fraction of sp³-hybridized carbons (Fsp3) is 0.955. The maximum absolute atomic E-state index is 12.6. The third-order valence-corrected chi connectivity index (χ3v) is 11.3. The van der Waals surface area contributed by atoms with Crippen molar-refractivity contribution in [2.45, 2.75) is 244 Å². The Labute approximate surface area is 338 Å². The van der Waals surface area contributed by atoms with E-state index in [4.69, 9.17) is 29.4 Å². The molecule has 0 aliphatic heterocycles. The quantitative estimate of drug-likeness (QED) is 0.0308. The summed E-state index contributed by atoms with van der Waals surface area (Å²) in [6, 6.07) is -1.47. The minimum atomic E-state index is -4.61. The number of ether oxygens (including phenoxy) is 2. The first-order valence-electron chi connectivity index (χ1n) is 23.1. The molecule has 3 unspecified atom stereocenters. The van der Waals surface area contributed by atoms with Crippen LogP contribution in [-0.4, -0.2) is 60.5 Å². The standard InChI is InChI=1S/C44H88NO9P/c1-3-5-7-9-11-13-15-16-17-18-19-20-21-22-23-24-25-26-28-30-32-34-36-43(46)54-41(39-52-55(49,50)53-40-42(45)44(47)48)38-51-37-35-33-31-29-27-14-12-10-8-6-4-2/h41-42H,3-40,45H2,1-2H3,(H,47,48)(H,49,50). The predicted molar refractivity (Wildman–Crippen MR) is 226 cm³/mol. The minimum absolute atomic E-state index is 0.0253. The second-order valence-corrected chi connectivity index (χ2v) is 17.4. The third kappa shape index (κ3) is 40.9. The molecule has 11 heteroatoms. The van der Waals surface area contributed by atoms with E-state index < -0.39 is 45.1 Å². The molecule has 0 aromatic heterocycles. The number of nitrogens with two attached hydrogens (primary N) is 1. The van der Waals surface area contributed by atoms with Gasteiger partial charge >= 0.3 is 19.8 Å². The molecule has 0 spiro atoms. The highest BCUT2D eigenvalue weighted by Crippen LogP contribution is 2.43. The first kappa shape index (κ1) is 54.0. The van der Waals surface area contributed by atoms with Gasteiger partial charge in [0, 0.05) is 13.0 Å². The van der Waals surface area contributed by atoms with Crippen LogP contribution < -0.4 is 5.73 Å². The summed E-state index contributed by atoms with van der Waals surface area (Å²) in [5.41, 5.74) is 5.35. The van der Waals surface area contributed by atoms with E-state index in [0.717, 1.165) is 38.5 Å². The molecule has 0 rings (SSSR count). The monoisotopic (exact) mass is 806 g/mol. The lowest BCUT2D eigenvalue weighted by atomic mass is 10.0. The highest BCUT2D eigenvalue weighted by Gasteiger charge is 2.27. The summed E-state index contributed by atoms with van der Waals surface area (Å²) < 4.78 is 33.3. The number of carbonyl (C=O) groups is 2. The number of phosphoric acid groups is 1. The molecule has 0 bridgehead atoms. The van der Waals surface area contributed by atoms with E-state index in [1.165, 1.54) is 173 Å². The highest BCUT2D eigenvalue weighted by atomic mass is 31.2. The van der Waals surface area contributed by atoms with E-state index >= 15 is 0 Å². The SMILES string of the molecule is CCCCCCCCCCCCCCCCCCCCCCCCC(=O)OC(COCCCCCCCCCCCCC)COP(=O)(O)OCC(N)C(=O)O. The number of hydrogen-bond acceptors (Lipinski definition) is 8. The summed E-state index contributed by atoms with van der Waals surface area (Å²) in [5.74, 6) is -1.76. The van der Waals surface area contributed by atoms with Crippen LogP contribution >= 0.6 is 7.82 Å². The van der Waals surface area contributed by atoms with Crippen molar-refractivity contribution in [2.75, 3.05) is 26.4 Å². The van der Waals surface area contributed by atoms with E-state index in [0.29, 0.717) is 6.61 Å². The summed E-state index contributed by atoms with van der Waals surface area (Å²) in [6.07, 6.45) is 41.6. The molecule has 3 atom stereocenters. The molecule has 0 aliphatic rings. The van der Waals surface area contributed by atoms with Gasteiger partial charge in [0.15, 0.2) is 0 Å². The Morgan fingerprint density at radius 3 is 1.20 bits per heavy atom. The van der Waals surface area contributed by atoms with E-state index in [1.807, 2.05) is 0 Å². The smallest absolute Gasteiger partial charge is 0.472 e. The summed E-state index contributed by atoms with van der Waals surface area (Å²) in [6.45, 7) is 3.92. The summed E-state index contributed by atoms with van der Waals surface area (Å²) in [7, 11) is -4.61. The zero-order valence-corrected chi connectivity index (χ0v) is 36.7. The van der Waals surface area contributed by atoms with Crippen molar-refractivity contribution in [2.24, 2.45) is 5.73 Å². The van der Waals surface area contributed by atoms with Crippen LogP contribution in [0.3, 0.4) is 0 Å². The summed E-state index contributed by atoms with van der Waals surface area (Å²) in [4.78, 5) is 33.5. The van der Waals surface area contributed by atoms with Crippen LogP contribution in [0.2, 0.25) is 0 Å². The van der Waals surface area contributed by atoms with Gasteiger partial charge < -0.3 is 25.2 Å². The average molecular weight is 806 g/mol. The van der Waals surface area contributed by atoms with Crippen molar-refractivity contribution in [1.82, 2.24) is 0 Å². The second kappa shape index (κ2) is 41.1. The summed E-state index contributed by atoms with van der Waals surface area (Å²) in [5, 5.41) is 8.89. The van der Waals surface area contributed by atoms with Gasteiger partial charge in [-0.25, -0.2) is 4.57 Å². The van der Waals surface area contributed by atoms with Crippen LogP contribution in [0.1, 0.15) is 232 Å². The lowest BCUT2D eigenvalue weighted by Crippen LogP contribution is -2.34. The van der Waals surface area contributed by atoms with Crippen molar-refractivity contribution in [3.8, 4) is 0 Å². The Balaban J connectivity index is 4.06. The number of esters is 1. The number of carboxylic acids is 1. The van der Waals surface area contributed by atoms with Crippen molar-refractivity contribution in [1.29, 1.82) is 0 Å². The molecule has 10 nitrogen and oxygen atoms in total. The van der Waals surface area contributed by atoms with Gasteiger partial charge in [-0.2, -0.15) is 0 Å². The maximum Gasteiger partial charge on any atom is 0.472 e. The first-order valence-corrected chi connectivity index (χ1v) is 24.6. The molecule has 0 aromatic carbocycles. The largest absolute Gasteiger partial charge is 0.480 e. The van der Waals surface area contributed by atoms with Gasteiger partial charge in [0.1, 0.15) is 12.1 Å². The number of aliphatic carboxylic acids is 1. The molecule has 328 valence electrons. The number of rotatable bonds is 45. The van der Waals surface area contributed by atoms with Crippen molar-refractivity contribution >= 4 is 19.8 Å². The molecule has 0 amide bonds. The number of carbonyl (C=O) groups excluding carboxylic acids is 1. The molecule has 0 aliphatic carbocycles. The molecular weight excluding hydrogens is 717 g/mol. The van der Waals surface area contributed by atoms with Crippen LogP contribution in [0, 0.1) is 0 Å². The Bertz CT molecular complexity index is 893. The average Bonchev–Trinajstić information content (AvgIpc) is 3.16. The normalized spacial score (nSPS) is 13.8. The van der Waals surface area contributed by atoms with Gasteiger partial charge in [-0.15, -0.1) is 0 Å². The van der Waals surface area contributed by atoms with Crippen LogP contribution in [-0.2, 0) is 32.7 Å². The Morgan fingerprint density at radius 1 is 0.509 bits per heavy atom. The Hall–Kier alpha value is -1.03. The molecule has 0 aromatic rings. The molecule has 0 fully saturated rings. The summed E-state index contributed by atoms with van der Waals surface area (Å²) >= 11 is 0. The minimum Gasteiger partial charge on any atom is -0.480 e. The second-order valence-electron chi connectivity index (χ2n) is 15.9. The lowest BCUT2D eigenvalue weighted by molar-refractivity contribution is -0.154. The molecular formula is C44H88NO9P. The van der Waals surface area contributed by atoms with Crippen molar-refractivity contribution in [3.05, 3.63) is 0 Å². The van der Waals surface area contributed by atoms with Gasteiger partial charge in [0.05, 0.1) is 19.8 Å². The molecule has 0 radical (unpaired) electrons. The van der Waals surface area contributed by atoms with Gasteiger partial charge in [-0.3, -0.25) is 18.6 Å². The Morgan fingerprint density at radius 2 is 0.836 bits per heavy atom. The predicted octanol–water partition coefficient (Wildman–Crippen LogP) is 12.8. The lowest BCUT2D eigenvalue weighted by Gasteiger charge is -2.20. The van der Waals surface area contributed by atoms with Crippen molar-refractivity contribution in [3.63, 3.8) is 0 Å². The fourth-order valence-corrected chi connectivity index (χ4v) is 7.56. The highest BCUT2D eigenvalue weighted by molar-refractivity contribution is 7.47. The van der Waals surface area contributed by atoms with Crippen molar-refractivity contribution < 1.29 is 42.7 Å². The van der Waals surface area contributed by atoms with Crippen LogP contribution in [0.25, 0.3) is 0 Å². The van der Waals surface area contributed by atoms with Crippen LogP contribution in [0.4, 0.5) is 0 Å². The molecule has 55 heavy (non-hydrogen) atoms. The number of carboxylic acid groups (broad SMARTS) is 1. The van der Waals surface area contributed by atoms with Crippen LogP contribution in [0.15, 0.2) is 0 Å². The molecule has 0 saturated heterocycles. The van der Waals surface area contributed by atoms with Gasteiger partial charge in [0.2, 0.25) is 0 Å². The maximum atomic E-state index is 12.6. The van der Waals surface area contributed by atoms with Gasteiger partial charge in [-0.1, -0.05) is 213 Å². The zero-order valence-electron chi connectivity index (χ0n) is 35.8. The van der Waals surface area contributed by atoms with E-state index in [-0.39, 0.29) is 13.0 Å². The fourth-order valence-electron chi connectivity index (χ4n) is 6.78. The van der Waals surface area contributed by atoms with E-state index in [1.54, 1.807) is 0 Å². The van der Waals surface area contributed by atoms with E-state index in [2.05, 4.69) is 13.8 Å². The topological polar surface area (TPSA) is 155 Å². The first-order chi connectivity index (χ1) is 26.7. The molecule has 0 heterocycles. The molecule has 4 N–H and O–H groups in total.